The lowest BCUT2D eigenvalue weighted by Gasteiger charge is -2.21. The minimum absolute atomic E-state index is 0.125. The van der Waals surface area contributed by atoms with Crippen molar-refractivity contribution in [3.05, 3.63) is 94.3 Å². The summed E-state index contributed by atoms with van der Waals surface area (Å²) in [6, 6.07) is 14.2. The van der Waals surface area contributed by atoms with Gasteiger partial charge in [-0.1, -0.05) is 18.2 Å². The Balaban J connectivity index is 1.96. The van der Waals surface area contributed by atoms with Crippen LogP contribution in [0, 0.1) is 17.5 Å². The molecule has 0 saturated carbocycles. The zero-order valence-electron chi connectivity index (χ0n) is 16.7. The number of hydrogen-bond acceptors (Lipinski definition) is 2. The van der Waals surface area contributed by atoms with Gasteiger partial charge in [-0.3, -0.25) is 0 Å². The Kier molecular flexibility index (Phi) is 5.48. The molecule has 6 heteroatoms. The highest BCUT2D eigenvalue weighted by atomic mass is 19.2. The molecule has 30 heavy (non-hydrogen) atoms. The standard InChI is InChI=1S/C24H21F3NO2/c1-29-21-12-15-10-11-28(14-16-6-3-4-8-19(16)25)24(18(15)13-22(21)30-2)17-7-5-9-20(26)23(17)27/h3-9,12-13H,10-11,14H2,1-2H3/q+1. The van der Waals surface area contributed by atoms with Gasteiger partial charge in [0.2, 0.25) is 5.71 Å². The topological polar surface area (TPSA) is 21.5 Å². The molecule has 0 unspecified atom stereocenters. The molecule has 0 amide bonds. The third-order valence-electron chi connectivity index (χ3n) is 5.36. The molecular weight excluding hydrogens is 391 g/mol. The second-order valence-corrected chi connectivity index (χ2v) is 7.08. The largest absolute Gasteiger partial charge is 0.493 e. The summed E-state index contributed by atoms with van der Waals surface area (Å²) in [4.78, 5) is 0. The molecule has 0 aliphatic carbocycles. The highest BCUT2D eigenvalue weighted by molar-refractivity contribution is 6.11. The van der Waals surface area contributed by atoms with Crippen molar-refractivity contribution in [1.82, 2.24) is 0 Å². The van der Waals surface area contributed by atoms with Gasteiger partial charge in [-0.2, -0.15) is 0 Å². The maximum atomic E-state index is 14.8. The van der Waals surface area contributed by atoms with Crippen LogP contribution in [0.4, 0.5) is 13.2 Å². The monoisotopic (exact) mass is 412 g/mol. The van der Waals surface area contributed by atoms with Gasteiger partial charge in [0, 0.05) is 6.42 Å². The van der Waals surface area contributed by atoms with Crippen molar-refractivity contribution < 1.29 is 27.2 Å². The molecule has 1 heterocycles. The van der Waals surface area contributed by atoms with Gasteiger partial charge in [0.05, 0.1) is 30.9 Å². The van der Waals surface area contributed by atoms with E-state index in [9.17, 15) is 13.2 Å². The van der Waals surface area contributed by atoms with Crippen LogP contribution < -0.4 is 9.47 Å². The zero-order chi connectivity index (χ0) is 21.3. The van der Waals surface area contributed by atoms with Gasteiger partial charge < -0.3 is 9.47 Å². The van der Waals surface area contributed by atoms with Crippen LogP contribution in [0.5, 0.6) is 11.5 Å². The molecule has 0 bridgehead atoms. The Hall–Kier alpha value is -3.28. The summed E-state index contributed by atoms with van der Waals surface area (Å²) in [6.45, 7) is 0.744. The van der Waals surface area contributed by atoms with Crippen molar-refractivity contribution in [2.75, 3.05) is 20.8 Å². The van der Waals surface area contributed by atoms with Crippen LogP contribution in [0.25, 0.3) is 0 Å². The van der Waals surface area contributed by atoms with Gasteiger partial charge in [-0.25, -0.2) is 17.7 Å². The number of rotatable bonds is 5. The molecule has 3 aromatic rings. The molecule has 154 valence electrons. The molecule has 1 aliphatic heterocycles. The lowest BCUT2D eigenvalue weighted by atomic mass is 9.91. The van der Waals surface area contributed by atoms with E-state index in [-0.39, 0.29) is 17.9 Å². The number of fused-ring (bicyclic) bond motifs is 1. The van der Waals surface area contributed by atoms with Gasteiger partial charge in [0.1, 0.15) is 12.4 Å². The first-order valence-corrected chi connectivity index (χ1v) is 9.58. The van der Waals surface area contributed by atoms with Gasteiger partial charge >= 0.3 is 0 Å². The van der Waals surface area contributed by atoms with Crippen LogP contribution >= 0.6 is 0 Å². The number of benzene rings is 3. The third-order valence-corrected chi connectivity index (χ3v) is 5.36. The highest BCUT2D eigenvalue weighted by Gasteiger charge is 2.32. The summed E-state index contributed by atoms with van der Waals surface area (Å²) >= 11 is 0. The number of halogens is 3. The molecule has 3 aromatic carbocycles. The highest BCUT2D eigenvalue weighted by Crippen LogP contribution is 2.34. The van der Waals surface area contributed by atoms with Crippen LogP contribution in [-0.2, 0) is 13.0 Å². The Bertz CT molecular complexity index is 1140. The van der Waals surface area contributed by atoms with Gasteiger partial charge in [-0.15, -0.1) is 0 Å². The second-order valence-electron chi connectivity index (χ2n) is 7.08. The van der Waals surface area contributed by atoms with Crippen molar-refractivity contribution in [1.29, 1.82) is 0 Å². The van der Waals surface area contributed by atoms with Crippen molar-refractivity contribution in [2.24, 2.45) is 0 Å². The van der Waals surface area contributed by atoms with E-state index >= 15 is 0 Å². The summed E-state index contributed by atoms with van der Waals surface area (Å²) < 4.78 is 56.0. The summed E-state index contributed by atoms with van der Waals surface area (Å²) in [5.74, 6) is -1.15. The minimum atomic E-state index is -0.936. The molecule has 0 N–H and O–H groups in total. The first kappa shape index (κ1) is 20.0. The van der Waals surface area contributed by atoms with Crippen LogP contribution in [0.15, 0.2) is 54.6 Å². The predicted molar refractivity (Wildman–Crippen MR) is 108 cm³/mol. The molecular formula is C24H21F3NO2+. The quantitative estimate of drug-likeness (QED) is 0.565. The van der Waals surface area contributed by atoms with Gasteiger partial charge in [-0.05, 0) is 42.0 Å². The Morgan fingerprint density at radius 1 is 0.833 bits per heavy atom. The average Bonchev–Trinajstić information content (AvgIpc) is 2.76. The third kappa shape index (κ3) is 3.54. The Labute approximate surface area is 173 Å². The van der Waals surface area contributed by atoms with Crippen molar-refractivity contribution in [2.45, 2.75) is 13.0 Å². The van der Waals surface area contributed by atoms with Gasteiger partial charge in [0.15, 0.2) is 29.7 Å². The fourth-order valence-electron chi connectivity index (χ4n) is 3.88. The van der Waals surface area contributed by atoms with Gasteiger partial charge in [0.25, 0.3) is 0 Å². The molecule has 0 saturated heterocycles. The molecule has 0 radical (unpaired) electrons. The van der Waals surface area contributed by atoms with Crippen LogP contribution in [0.1, 0.15) is 22.3 Å². The number of methoxy groups -OCH3 is 2. The van der Waals surface area contributed by atoms with E-state index in [1.807, 2.05) is 10.6 Å². The Morgan fingerprint density at radius 3 is 2.27 bits per heavy atom. The van der Waals surface area contributed by atoms with E-state index in [0.29, 0.717) is 41.3 Å². The number of ether oxygens (including phenoxy) is 2. The predicted octanol–water partition coefficient (Wildman–Crippen LogP) is 4.73. The molecule has 1 aliphatic rings. The van der Waals surface area contributed by atoms with E-state index in [4.69, 9.17) is 9.47 Å². The van der Waals surface area contributed by atoms with Crippen molar-refractivity contribution in [3.8, 4) is 11.5 Å². The molecule has 0 fully saturated rings. The van der Waals surface area contributed by atoms with Crippen LogP contribution in [0.2, 0.25) is 0 Å². The van der Waals surface area contributed by atoms with E-state index in [1.54, 1.807) is 31.4 Å². The summed E-state index contributed by atoms with van der Waals surface area (Å²) in [6.07, 6.45) is 0.643. The molecule has 4 rings (SSSR count). The lowest BCUT2D eigenvalue weighted by molar-refractivity contribution is -0.544. The first-order chi connectivity index (χ1) is 14.5. The van der Waals surface area contributed by atoms with Crippen LogP contribution in [0.3, 0.4) is 0 Å². The van der Waals surface area contributed by atoms with E-state index in [2.05, 4.69) is 0 Å². The first-order valence-electron chi connectivity index (χ1n) is 9.58. The number of nitrogens with zero attached hydrogens (tertiary/aromatic N) is 1. The maximum Gasteiger partial charge on any atom is 0.218 e. The van der Waals surface area contributed by atoms with Crippen molar-refractivity contribution >= 4 is 5.71 Å². The fraction of sp³-hybridized carbons (Fsp3) is 0.208. The van der Waals surface area contributed by atoms with Crippen LogP contribution in [-0.4, -0.2) is 31.1 Å². The minimum Gasteiger partial charge on any atom is -0.493 e. The second kappa shape index (κ2) is 8.22. The fourth-order valence-corrected chi connectivity index (χ4v) is 3.88. The van der Waals surface area contributed by atoms with E-state index in [1.165, 1.54) is 25.3 Å². The molecule has 3 nitrogen and oxygen atoms in total. The van der Waals surface area contributed by atoms with E-state index < -0.39 is 11.6 Å². The average molecular weight is 412 g/mol. The Morgan fingerprint density at radius 2 is 1.53 bits per heavy atom. The summed E-state index contributed by atoms with van der Waals surface area (Å²) in [7, 11) is 3.07. The SMILES string of the molecule is COc1cc2c(cc1OC)C(c1cccc(F)c1F)=[N+](Cc1ccccc1F)CC2. The lowest BCUT2D eigenvalue weighted by Crippen LogP contribution is -2.31. The van der Waals surface area contributed by atoms with E-state index in [0.717, 1.165) is 11.6 Å². The number of hydrogen-bond donors (Lipinski definition) is 0. The van der Waals surface area contributed by atoms with Crippen molar-refractivity contribution in [3.63, 3.8) is 0 Å². The summed E-state index contributed by atoms with van der Waals surface area (Å²) in [5, 5.41) is 0. The molecule has 0 atom stereocenters. The molecule has 0 aromatic heterocycles. The maximum absolute atomic E-state index is 14.8. The smallest absolute Gasteiger partial charge is 0.218 e. The molecule has 0 spiro atoms. The zero-order valence-corrected chi connectivity index (χ0v) is 16.7. The summed E-state index contributed by atoms with van der Waals surface area (Å²) in [5.41, 5.74) is 2.74. The normalized spacial score (nSPS) is 13.2.